The van der Waals surface area contributed by atoms with Crippen molar-refractivity contribution in [2.45, 2.75) is 22.8 Å². The topological polar surface area (TPSA) is 64.6 Å². The monoisotopic (exact) mass is 483 g/mol. The molecular weight excluding hydrogens is 470 g/mol. The zero-order valence-electron chi connectivity index (χ0n) is 15.3. The summed E-state index contributed by atoms with van der Waals surface area (Å²) in [7, 11) is 0. The van der Waals surface area contributed by atoms with Crippen molar-refractivity contribution in [3.8, 4) is 11.5 Å². The van der Waals surface area contributed by atoms with Gasteiger partial charge >= 0.3 is 12.3 Å². The predicted octanol–water partition coefficient (Wildman–Crippen LogP) is 6.72. The summed E-state index contributed by atoms with van der Waals surface area (Å²) in [6.07, 6.45) is -5.09. The van der Waals surface area contributed by atoms with Crippen molar-refractivity contribution in [3.05, 3.63) is 53.6 Å². The molecule has 11 heteroatoms. The van der Waals surface area contributed by atoms with Crippen molar-refractivity contribution in [2.75, 3.05) is 11.9 Å². The van der Waals surface area contributed by atoms with Crippen molar-refractivity contribution >= 4 is 52.9 Å². The number of carbonyl (C=O) groups is 2. The van der Waals surface area contributed by atoms with Crippen molar-refractivity contribution < 1.29 is 32.2 Å². The van der Waals surface area contributed by atoms with Crippen molar-refractivity contribution in [1.29, 1.82) is 0 Å². The molecule has 1 amide bonds. The second kappa shape index (κ2) is 9.76. The van der Waals surface area contributed by atoms with Crippen LogP contribution in [0.1, 0.15) is 24.0 Å². The third kappa shape index (κ3) is 7.59. The number of hydrogen-bond donors (Lipinski definition) is 1. The van der Waals surface area contributed by atoms with Crippen LogP contribution in [-0.4, -0.2) is 22.8 Å². The molecule has 0 fully saturated rings. The Balaban J connectivity index is 2.28. The van der Waals surface area contributed by atoms with E-state index in [9.17, 15) is 22.8 Å². The van der Waals surface area contributed by atoms with E-state index in [1.54, 1.807) is 19.1 Å². The largest absolute Gasteiger partial charge is 0.457 e. The number of halogens is 6. The van der Waals surface area contributed by atoms with Crippen LogP contribution in [0.2, 0.25) is 0 Å². The van der Waals surface area contributed by atoms with Gasteiger partial charge in [0.05, 0.1) is 5.56 Å². The lowest BCUT2D eigenvalue weighted by Crippen LogP contribution is -2.21. The summed E-state index contributed by atoms with van der Waals surface area (Å²) < 4.78 is 48.1. The molecule has 0 aliphatic carbocycles. The molecule has 5 nitrogen and oxygen atoms in total. The fourth-order valence-corrected chi connectivity index (χ4v) is 2.43. The first-order chi connectivity index (χ1) is 13.9. The Morgan fingerprint density at radius 2 is 1.83 bits per heavy atom. The van der Waals surface area contributed by atoms with Crippen LogP contribution in [0, 0.1) is 0 Å². The smallest absolute Gasteiger partial charge is 0.416 e. The van der Waals surface area contributed by atoms with Crippen molar-refractivity contribution in [3.63, 3.8) is 0 Å². The maximum absolute atomic E-state index is 13.3. The second-order valence-electron chi connectivity index (χ2n) is 6.16. The number of nitrogens with one attached hydrogen (secondary N) is 1. The zero-order valence-corrected chi connectivity index (χ0v) is 17.6. The van der Waals surface area contributed by atoms with Gasteiger partial charge in [-0.25, -0.2) is 4.79 Å². The van der Waals surface area contributed by atoms with Gasteiger partial charge in [-0.3, -0.25) is 5.32 Å². The quantitative estimate of drug-likeness (QED) is 0.365. The molecule has 0 saturated carbocycles. The van der Waals surface area contributed by atoms with Crippen molar-refractivity contribution in [1.82, 2.24) is 0 Å². The van der Waals surface area contributed by atoms with Gasteiger partial charge in [0.15, 0.2) is 0 Å². The molecule has 2 aromatic carbocycles. The first-order valence-electron chi connectivity index (χ1n) is 8.33. The maximum atomic E-state index is 13.3. The molecule has 0 radical (unpaired) electrons. The van der Waals surface area contributed by atoms with Crippen LogP contribution in [0.3, 0.4) is 0 Å². The molecule has 30 heavy (non-hydrogen) atoms. The molecule has 2 rings (SSSR count). The number of amides is 1. The zero-order chi connectivity index (χ0) is 22.5. The molecule has 2 aromatic rings. The van der Waals surface area contributed by atoms with Crippen LogP contribution in [0.25, 0.3) is 0 Å². The van der Waals surface area contributed by atoms with Crippen LogP contribution in [0.5, 0.6) is 11.5 Å². The van der Waals surface area contributed by atoms with Crippen molar-refractivity contribution in [2.24, 2.45) is 0 Å². The molecule has 1 atom stereocenters. The standard InChI is InChI=1S/C19H15Cl3F3NO4/c1-11(9-27)12-3-2-4-15(5-12)30-16-7-13(19(23,24)25)6-14(8-16)26-17(28)29-10-18(20,21)22/h2-9,11H,10H2,1H3,(H,26,28). The Hall–Kier alpha value is -2.16. The van der Waals surface area contributed by atoms with Crippen LogP contribution >= 0.6 is 34.8 Å². The molecule has 0 heterocycles. The minimum atomic E-state index is -4.70. The Kier molecular flexibility index (Phi) is 7.85. The minimum Gasteiger partial charge on any atom is -0.457 e. The summed E-state index contributed by atoms with van der Waals surface area (Å²) >= 11 is 16.4. The van der Waals surface area contributed by atoms with E-state index >= 15 is 0 Å². The molecule has 1 unspecified atom stereocenters. The summed E-state index contributed by atoms with van der Waals surface area (Å²) in [4.78, 5) is 22.7. The average molecular weight is 485 g/mol. The van der Waals surface area contributed by atoms with Crippen LogP contribution in [-0.2, 0) is 15.7 Å². The molecule has 0 aliphatic rings. The van der Waals surface area contributed by atoms with E-state index in [4.69, 9.17) is 39.5 Å². The first kappa shape index (κ1) is 24.1. The highest BCUT2D eigenvalue weighted by Gasteiger charge is 2.32. The molecule has 0 bridgehead atoms. The summed E-state index contributed by atoms with van der Waals surface area (Å²) in [5, 5.41) is 2.13. The van der Waals surface area contributed by atoms with Gasteiger partial charge < -0.3 is 14.3 Å². The number of anilines is 1. The van der Waals surface area contributed by atoms with Gasteiger partial charge in [-0.1, -0.05) is 53.9 Å². The van der Waals surface area contributed by atoms with E-state index in [0.717, 1.165) is 12.4 Å². The Morgan fingerprint density at radius 3 is 2.43 bits per heavy atom. The molecule has 1 N–H and O–H groups in total. The Morgan fingerprint density at radius 1 is 1.13 bits per heavy atom. The number of ether oxygens (including phenoxy) is 2. The van der Waals surface area contributed by atoms with Gasteiger partial charge in [-0.15, -0.1) is 0 Å². The fourth-order valence-electron chi connectivity index (χ4n) is 2.27. The lowest BCUT2D eigenvalue weighted by Gasteiger charge is -2.15. The Bertz CT molecular complexity index is 917. The van der Waals surface area contributed by atoms with E-state index in [2.05, 4.69) is 10.1 Å². The number of alkyl halides is 6. The third-order valence-corrected chi connectivity index (χ3v) is 4.00. The van der Waals surface area contributed by atoms with E-state index in [1.165, 1.54) is 18.2 Å². The summed E-state index contributed by atoms with van der Waals surface area (Å²) in [6.45, 7) is 1.06. The van der Waals surface area contributed by atoms with E-state index in [1.807, 2.05) is 0 Å². The molecular formula is C19H15Cl3F3NO4. The van der Waals surface area contributed by atoms with Gasteiger partial charge in [0.2, 0.25) is 3.79 Å². The van der Waals surface area contributed by atoms with Crippen LogP contribution < -0.4 is 10.1 Å². The highest BCUT2D eigenvalue weighted by Crippen LogP contribution is 2.36. The van der Waals surface area contributed by atoms with Gasteiger partial charge in [-0.05, 0) is 29.8 Å². The third-order valence-electron chi connectivity index (χ3n) is 3.67. The van der Waals surface area contributed by atoms with Gasteiger partial charge in [-0.2, -0.15) is 13.2 Å². The minimum absolute atomic E-state index is 0.197. The second-order valence-corrected chi connectivity index (χ2v) is 8.68. The highest BCUT2D eigenvalue weighted by atomic mass is 35.6. The number of aldehydes is 1. The van der Waals surface area contributed by atoms with Crippen LogP contribution in [0.15, 0.2) is 42.5 Å². The number of rotatable bonds is 6. The lowest BCUT2D eigenvalue weighted by atomic mass is 10.0. The number of benzene rings is 2. The highest BCUT2D eigenvalue weighted by molar-refractivity contribution is 6.67. The normalized spacial score (nSPS) is 12.8. The van der Waals surface area contributed by atoms with Gasteiger partial charge in [0.1, 0.15) is 24.4 Å². The molecule has 0 aromatic heterocycles. The van der Waals surface area contributed by atoms with E-state index < -0.39 is 34.2 Å². The van der Waals surface area contributed by atoms with Gasteiger partial charge in [0.25, 0.3) is 0 Å². The maximum Gasteiger partial charge on any atom is 0.416 e. The summed E-state index contributed by atoms with van der Waals surface area (Å²) in [6, 6.07) is 8.98. The fraction of sp³-hybridized carbons (Fsp3) is 0.263. The number of hydrogen-bond acceptors (Lipinski definition) is 4. The molecule has 162 valence electrons. The summed E-state index contributed by atoms with van der Waals surface area (Å²) in [5.74, 6) is -0.400. The van der Waals surface area contributed by atoms with Gasteiger partial charge in [0, 0.05) is 17.7 Å². The molecule has 0 saturated heterocycles. The summed E-state index contributed by atoms with van der Waals surface area (Å²) in [5.41, 5.74) is -0.677. The SMILES string of the molecule is CC(C=O)c1cccc(Oc2cc(NC(=O)OCC(Cl)(Cl)Cl)cc(C(F)(F)F)c2)c1. The van der Waals surface area contributed by atoms with Crippen LogP contribution in [0.4, 0.5) is 23.7 Å². The predicted molar refractivity (Wildman–Crippen MR) is 108 cm³/mol. The average Bonchev–Trinajstić information content (AvgIpc) is 2.64. The number of carbonyl (C=O) groups excluding carboxylic acids is 2. The van der Waals surface area contributed by atoms with E-state index in [0.29, 0.717) is 11.6 Å². The first-order valence-corrected chi connectivity index (χ1v) is 9.46. The van der Waals surface area contributed by atoms with E-state index in [-0.39, 0.29) is 17.2 Å². The Labute approximate surface area is 185 Å². The molecule has 0 aliphatic heterocycles. The lowest BCUT2D eigenvalue weighted by molar-refractivity contribution is -0.137. The molecule has 0 spiro atoms.